The second kappa shape index (κ2) is 10.3. The predicted molar refractivity (Wildman–Crippen MR) is 118 cm³/mol. The van der Waals surface area contributed by atoms with Crippen molar-refractivity contribution in [2.75, 3.05) is 43.7 Å². The van der Waals surface area contributed by atoms with Crippen molar-refractivity contribution in [2.45, 2.75) is 0 Å². The summed E-state index contributed by atoms with van der Waals surface area (Å²) in [4.78, 5) is 27.2. The topological polar surface area (TPSA) is 111 Å². The van der Waals surface area contributed by atoms with Crippen molar-refractivity contribution < 1.29 is 19.0 Å². The van der Waals surface area contributed by atoms with Crippen LogP contribution in [0.5, 0.6) is 11.8 Å². The number of nitrogens with zero attached hydrogens (tertiary/aromatic N) is 5. The number of rotatable bonds is 7. The molecule has 10 heteroatoms. The van der Waals surface area contributed by atoms with Gasteiger partial charge in [-0.2, -0.15) is 20.1 Å². The van der Waals surface area contributed by atoms with E-state index in [9.17, 15) is 4.79 Å². The molecule has 1 N–H and O–H groups in total. The van der Waals surface area contributed by atoms with Crippen LogP contribution in [0.3, 0.4) is 0 Å². The second-order valence-corrected chi connectivity index (χ2v) is 6.71. The Kier molecular flexibility index (Phi) is 6.83. The first kappa shape index (κ1) is 21.2. The Morgan fingerprint density at radius 3 is 2.59 bits per heavy atom. The fourth-order valence-corrected chi connectivity index (χ4v) is 2.96. The summed E-state index contributed by atoms with van der Waals surface area (Å²) in [5.41, 5.74) is 3.86. The maximum atomic E-state index is 12.4. The molecular formula is C22H22N6O4. The number of esters is 1. The molecule has 0 atom stereocenters. The van der Waals surface area contributed by atoms with Gasteiger partial charge in [-0.1, -0.05) is 30.3 Å². The Morgan fingerprint density at radius 2 is 1.81 bits per heavy atom. The third-order valence-corrected chi connectivity index (χ3v) is 4.58. The van der Waals surface area contributed by atoms with Crippen LogP contribution in [0.15, 0.2) is 59.7 Å². The summed E-state index contributed by atoms with van der Waals surface area (Å²) in [6.07, 6.45) is 1.53. The molecule has 10 nitrogen and oxygen atoms in total. The van der Waals surface area contributed by atoms with Crippen LogP contribution in [-0.2, 0) is 4.74 Å². The molecule has 1 fully saturated rings. The molecular weight excluding hydrogens is 412 g/mol. The highest BCUT2D eigenvalue weighted by Crippen LogP contribution is 2.19. The molecule has 0 radical (unpaired) electrons. The number of aromatic nitrogens is 3. The monoisotopic (exact) mass is 434 g/mol. The lowest BCUT2D eigenvalue weighted by Gasteiger charge is -2.26. The Hall–Kier alpha value is -4.05. The number of para-hydroxylation sites is 1. The van der Waals surface area contributed by atoms with Gasteiger partial charge in [0.05, 0.1) is 32.1 Å². The van der Waals surface area contributed by atoms with Gasteiger partial charge >= 0.3 is 12.0 Å². The Bertz CT molecular complexity index is 1090. The summed E-state index contributed by atoms with van der Waals surface area (Å²) in [7, 11) is 1.49. The SMILES string of the molecule is COc1nc(NN=Cc2ccccc2OC(=O)c2ccccc2)nc(N2CCOCC2)n1. The lowest BCUT2D eigenvalue weighted by atomic mass is 10.2. The first-order valence-corrected chi connectivity index (χ1v) is 10.0. The third-order valence-electron chi connectivity index (χ3n) is 4.58. The van der Waals surface area contributed by atoms with Crippen molar-refractivity contribution in [1.29, 1.82) is 0 Å². The lowest BCUT2D eigenvalue weighted by Crippen LogP contribution is -2.37. The van der Waals surface area contributed by atoms with E-state index in [0.717, 1.165) is 0 Å². The van der Waals surface area contributed by atoms with Gasteiger partial charge < -0.3 is 19.1 Å². The summed E-state index contributed by atoms with van der Waals surface area (Å²) in [6, 6.07) is 16.1. The quantitative estimate of drug-likeness (QED) is 0.259. The standard InChI is InChI=1S/C22H22N6O4/c1-30-22-25-20(24-21(26-22)28-11-13-31-14-12-28)27-23-15-17-9-5-6-10-18(17)32-19(29)16-7-3-2-4-8-16/h2-10,15H,11-14H2,1H3,(H,24,25,26,27). The van der Waals surface area contributed by atoms with Crippen LogP contribution in [0, 0.1) is 0 Å². The van der Waals surface area contributed by atoms with E-state index in [-0.39, 0.29) is 12.0 Å². The molecule has 0 aliphatic carbocycles. The molecule has 2 heterocycles. The van der Waals surface area contributed by atoms with Gasteiger partial charge in [0.15, 0.2) is 0 Å². The number of morpholine rings is 1. The molecule has 0 unspecified atom stereocenters. The third kappa shape index (κ3) is 5.35. The van der Waals surface area contributed by atoms with E-state index in [0.29, 0.717) is 49.1 Å². The summed E-state index contributed by atoms with van der Waals surface area (Å²) < 4.78 is 16.1. The van der Waals surface area contributed by atoms with Gasteiger partial charge in [-0.15, -0.1) is 0 Å². The predicted octanol–water partition coefficient (Wildman–Crippen LogP) is 2.38. The van der Waals surface area contributed by atoms with Crippen molar-refractivity contribution in [3.63, 3.8) is 0 Å². The Balaban J connectivity index is 1.48. The summed E-state index contributed by atoms with van der Waals surface area (Å²) in [5, 5.41) is 4.20. The molecule has 164 valence electrons. The van der Waals surface area contributed by atoms with Crippen molar-refractivity contribution in [3.05, 3.63) is 65.7 Å². The van der Waals surface area contributed by atoms with Gasteiger partial charge in [-0.05, 0) is 24.3 Å². The summed E-state index contributed by atoms with van der Waals surface area (Å²) in [6.45, 7) is 2.56. The first-order chi connectivity index (χ1) is 15.7. The van der Waals surface area contributed by atoms with Gasteiger partial charge in [0.25, 0.3) is 5.95 Å². The van der Waals surface area contributed by atoms with Gasteiger partial charge in [0.2, 0.25) is 5.95 Å². The number of carbonyl (C=O) groups is 1. The normalized spacial score (nSPS) is 13.7. The zero-order valence-corrected chi connectivity index (χ0v) is 17.5. The molecule has 1 saturated heterocycles. The summed E-state index contributed by atoms with van der Waals surface area (Å²) >= 11 is 0. The minimum absolute atomic E-state index is 0.177. The maximum absolute atomic E-state index is 12.4. The van der Waals surface area contributed by atoms with E-state index in [1.165, 1.54) is 13.3 Å². The number of methoxy groups -OCH3 is 1. The van der Waals surface area contributed by atoms with Gasteiger partial charge in [0, 0.05) is 18.7 Å². The number of hydrogen-bond donors (Lipinski definition) is 1. The van der Waals surface area contributed by atoms with Crippen LogP contribution in [0.1, 0.15) is 15.9 Å². The van der Waals surface area contributed by atoms with E-state index in [2.05, 4.69) is 25.5 Å². The van der Waals surface area contributed by atoms with Crippen LogP contribution in [0.2, 0.25) is 0 Å². The lowest BCUT2D eigenvalue weighted by molar-refractivity contribution is 0.0734. The zero-order chi connectivity index (χ0) is 22.2. The molecule has 0 bridgehead atoms. The zero-order valence-electron chi connectivity index (χ0n) is 17.5. The van der Waals surface area contributed by atoms with Crippen molar-refractivity contribution in [2.24, 2.45) is 5.10 Å². The number of anilines is 2. The molecule has 0 saturated carbocycles. The molecule has 4 rings (SSSR count). The fourth-order valence-electron chi connectivity index (χ4n) is 2.96. The van der Waals surface area contributed by atoms with Crippen LogP contribution < -0.4 is 19.8 Å². The molecule has 0 spiro atoms. The molecule has 2 aromatic carbocycles. The highest BCUT2D eigenvalue weighted by atomic mass is 16.5. The van der Waals surface area contributed by atoms with Crippen LogP contribution in [0.25, 0.3) is 0 Å². The van der Waals surface area contributed by atoms with E-state index < -0.39 is 5.97 Å². The smallest absolute Gasteiger partial charge is 0.343 e. The molecule has 0 amide bonds. The number of carbonyl (C=O) groups excluding carboxylic acids is 1. The van der Waals surface area contributed by atoms with E-state index >= 15 is 0 Å². The van der Waals surface area contributed by atoms with Crippen LogP contribution >= 0.6 is 0 Å². The molecule has 1 aromatic heterocycles. The van der Waals surface area contributed by atoms with Crippen molar-refractivity contribution in [1.82, 2.24) is 15.0 Å². The van der Waals surface area contributed by atoms with Crippen LogP contribution in [0.4, 0.5) is 11.9 Å². The number of benzene rings is 2. The van der Waals surface area contributed by atoms with E-state index in [1.54, 1.807) is 42.5 Å². The largest absolute Gasteiger partial charge is 0.467 e. The number of hydrazone groups is 1. The van der Waals surface area contributed by atoms with Gasteiger partial charge in [-0.3, -0.25) is 0 Å². The highest BCUT2D eigenvalue weighted by molar-refractivity contribution is 5.93. The molecule has 3 aromatic rings. The summed E-state index contributed by atoms with van der Waals surface area (Å²) in [5.74, 6) is 0.647. The average Bonchev–Trinajstić information content (AvgIpc) is 2.86. The van der Waals surface area contributed by atoms with Gasteiger partial charge in [0.1, 0.15) is 5.75 Å². The highest BCUT2D eigenvalue weighted by Gasteiger charge is 2.17. The van der Waals surface area contributed by atoms with E-state index in [4.69, 9.17) is 14.2 Å². The number of ether oxygens (including phenoxy) is 3. The maximum Gasteiger partial charge on any atom is 0.343 e. The number of hydrogen-bond acceptors (Lipinski definition) is 10. The minimum Gasteiger partial charge on any atom is -0.467 e. The molecule has 32 heavy (non-hydrogen) atoms. The molecule has 1 aliphatic rings. The van der Waals surface area contributed by atoms with Crippen molar-refractivity contribution >= 4 is 24.1 Å². The fraction of sp³-hybridized carbons (Fsp3) is 0.227. The van der Waals surface area contributed by atoms with Gasteiger partial charge in [-0.25, -0.2) is 10.2 Å². The second-order valence-electron chi connectivity index (χ2n) is 6.71. The first-order valence-electron chi connectivity index (χ1n) is 10.0. The Labute approximate surface area is 184 Å². The number of nitrogens with one attached hydrogen (secondary N) is 1. The van der Waals surface area contributed by atoms with E-state index in [1.807, 2.05) is 17.0 Å². The average molecular weight is 434 g/mol. The Morgan fingerprint density at radius 1 is 1.06 bits per heavy atom. The van der Waals surface area contributed by atoms with Crippen molar-refractivity contribution in [3.8, 4) is 11.8 Å². The van der Waals surface area contributed by atoms with Crippen LogP contribution in [-0.4, -0.2) is 60.5 Å². The minimum atomic E-state index is -0.447. The molecule has 1 aliphatic heterocycles.